The minimum absolute atomic E-state index is 0.181. The molecule has 0 fully saturated rings. The molecule has 21 heavy (non-hydrogen) atoms. The molecule has 0 amide bonds. The zero-order valence-electron chi connectivity index (χ0n) is 12.0. The Kier molecular flexibility index (Phi) is 4.24. The molecule has 1 N–H and O–H groups in total. The van der Waals surface area contributed by atoms with Gasteiger partial charge in [-0.2, -0.15) is 0 Å². The largest absolute Gasteiger partial charge is 0.301 e. The Morgan fingerprint density at radius 3 is 2.48 bits per heavy atom. The number of para-hydroxylation sites is 1. The van der Waals surface area contributed by atoms with E-state index in [1.54, 1.807) is 11.3 Å². The molecule has 2 atom stereocenters. The van der Waals surface area contributed by atoms with Crippen molar-refractivity contribution in [1.82, 2.24) is 10.3 Å². The monoisotopic (exact) mass is 316 g/mol. The normalized spacial score (nSPS) is 14.2. The second-order valence-corrected chi connectivity index (χ2v) is 6.62. The van der Waals surface area contributed by atoms with Gasteiger partial charge in [-0.1, -0.05) is 41.9 Å². The van der Waals surface area contributed by atoms with Crippen molar-refractivity contribution in [2.24, 2.45) is 0 Å². The van der Waals surface area contributed by atoms with E-state index >= 15 is 0 Å². The van der Waals surface area contributed by atoms with Crippen LogP contribution in [0.1, 0.15) is 36.5 Å². The maximum atomic E-state index is 6.26. The number of thiazole rings is 1. The first-order chi connectivity index (χ1) is 10.1. The van der Waals surface area contributed by atoms with Gasteiger partial charge < -0.3 is 5.32 Å². The quantitative estimate of drug-likeness (QED) is 0.700. The lowest BCUT2D eigenvalue weighted by Crippen LogP contribution is -2.22. The summed E-state index contributed by atoms with van der Waals surface area (Å²) in [6.07, 6.45) is 0. The average molecular weight is 317 g/mol. The molecule has 0 radical (unpaired) electrons. The fourth-order valence-corrected chi connectivity index (χ4v) is 3.72. The van der Waals surface area contributed by atoms with Crippen molar-refractivity contribution in [2.45, 2.75) is 25.9 Å². The molecule has 0 spiro atoms. The zero-order chi connectivity index (χ0) is 14.8. The zero-order valence-corrected chi connectivity index (χ0v) is 13.6. The minimum atomic E-state index is 0.181. The van der Waals surface area contributed by atoms with E-state index in [1.807, 2.05) is 24.3 Å². The third kappa shape index (κ3) is 3.10. The van der Waals surface area contributed by atoms with Crippen LogP contribution >= 0.6 is 22.9 Å². The third-order valence-corrected chi connectivity index (χ3v) is 5.12. The van der Waals surface area contributed by atoms with E-state index in [9.17, 15) is 0 Å². The Morgan fingerprint density at radius 1 is 1.00 bits per heavy atom. The van der Waals surface area contributed by atoms with E-state index in [0.717, 1.165) is 21.1 Å². The molecular weight excluding hydrogens is 300 g/mol. The van der Waals surface area contributed by atoms with Crippen molar-refractivity contribution in [3.8, 4) is 0 Å². The highest BCUT2D eigenvalue weighted by molar-refractivity contribution is 7.18. The Bertz CT molecular complexity index is 720. The first-order valence-electron chi connectivity index (χ1n) is 7.01. The molecule has 0 aliphatic heterocycles. The van der Waals surface area contributed by atoms with Crippen LogP contribution < -0.4 is 5.32 Å². The number of benzene rings is 2. The Labute approximate surface area is 133 Å². The summed E-state index contributed by atoms with van der Waals surface area (Å²) in [5, 5.41) is 5.48. The molecule has 4 heteroatoms. The molecule has 1 heterocycles. The number of fused-ring (bicyclic) bond motifs is 1. The van der Waals surface area contributed by atoms with Crippen LogP contribution in [0.15, 0.2) is 48.5 Å². The van der Waals surface area contributed by atoms with E-state index in [4.69, 9.17) is 16.6 Å². The van der Waals surface area contributed by atoms with Crippen molar-refractivity contribution < 1.29 is 0 Å². The summed E-state index contributed by atoms with van der Waals surface area (Å²) in [4.78, 5) is 4.70. The van der Waals surface area contributed by atoms with Crippen LogP contribution in [-0.2, 0) is 0 Å². The standard InChI is InChI=1S/C17H17ClN2S/c1-11(13-7-3-4-8-14(13)18)19-12(2)17-20-15-9-5-6-10-16(15)21-17/h3-12,19H,1-2H3/t11-,12?/m1/s1. The lowest BCUT2D eigenvalue weighted by atomic mass is 10.1. The maximum absolute atomic E-state index is 6.26. The number of hydrogen-bond donors (Lipinski definition) is 1. The lowest BCUT2D eigenvalue weighted by Gasteiger charge is -2.19. The van der Waals surface area contributed by atoms with Crippen LogP contribution in [0.25, 0.3) is 10.2 Å². The molecule has 1 aromatic heterocycles. The van der Waals surface area contributed by atoms with Gasteiger partial charge in [0.1, 0.15) is 5.01 Å². The SMILES string of the molecule is CC(N[C@H](C)c1ccccc1Cl)c1nc2ccccc2s1. The van der Waals surface area contributed by atoms with Crippen molar-refractivity contribution >= 4 is 33.2 Å². The van der Waals surface area contributed by atoms with Crippen molar-refractivity contribution in [1.29, 1.82) is 0 Å². The molecule has 0 aliphatic carbocycles. The van der Waals surface area contributed by atoms with Gasteiger partial charge in [-0.3, -0.25) is 0 Å². The second-order valence-electron chi connectivity index (χ2n) is 5.15. The number of nitrogens with one attached hydrogen (secondary N) is 1. The summed E-state index contributed by atoms with van der Waals surface area (Å²) in [5.41, 5.74) is 2.18. The van der Waals surface area contributed by atoms with Crippen LogP contribution in [0, 0.1) is 0 Å². The molecule has 3 rings (SSSR count). The van der Waals surface area contributed by atoms with Crippen molar-refractivity contribution in [2.75, 3.05) is 0 Å². The molecule has 0 saturated carbocycles. The molecular formula is C17H17ClN2S. The van der Waals surface area contributed by atoms with Gasteiger partial charge in [0.15, 0.2) is 0 Å². The smallest absolute Gasteiger partial charge is 0.111 e. The first kappa shape index (κ1) is 14.5. The Balaban J connectivity index is 1.79. The van der Waals surface area contributed by atoms with Gasteiger partial charge in [-0.25, -0.2) is 4.98 Å². The van der Waals surface area contributed by atoms with Gasteiger partial charge in [-0.15, -0.1) is 11.3 Å². The predicted octanol–water partition coefficient (Wildman–Crippen LogP) is 5.36. The summed E-state index contributed by atoms with van der Waals surface area (Å²) in [7, 11) is 0. The summed E-state index contributed by atoms with van der Waals surface area (Å²) < 4.78 is 1.23. The van der Waals surface area contributed by atoms with E-state index in [0.29, 0.717) is 0 Å². The molecule has 0 saturated heterocycles. The van der Waals surface area contributed by atoms with Crippen LogP contribution in [-0.4, -0.2) is 4.98 Å². The van der Waals surface area contributed by atoms with Gasteiger partial charge in [0.05, 0.1) is 16.3 Å². The average Bonchev–Trinajstić information content (AvgIpc) is 2.91. The van der Waals surface area contributed by atoms with Gasteiger partial charge in [0.2, 0.25) is 0 Å². The minimum Gasteiger partial charge on any atom is -0.301 e. The van der Waals surface area contributed by atoms with Crippen LogP contribution in [0.5, 0.6) is 0 Å². The fourth-order valence-electron chi connectivity index (χ4n) is 2.44. The number of halogens is 1. The van der Waals surface area contributed by atoms with Crippen LogP contribution in [0.4, 0.5) is 0 Å². The van der Waals surface area contributed by atoms with Crippen molar-refractivity contribution in [3.05, 3.63) is 64.1 Å². The predicted molar refractivity (Wildman–Crippen MR) is 91.0 cm³/mol. The molecule has 0 aliphatic rings. The topological polar surface area (TPSA) is 24.9 Å². The number of hydrogen-bond acceptors (Lipinski definition) is 3. The second kappa shape index (κ2) is 6.14. The van der Waals surface area contributed by atoms with Gasteiger partial charge in [-0.05, 0) is 37.6 Å². The Morgan fingerprint density at radius 2 is 1.71 bits per heavy atom. The maximum Gasteiger partial charge on any atom is 0.111 e. The molecule has 108 valence electrons. The summed E-state index contributed by atoms with van der Waals surface area (Å²) >= 11 is 8.00. The van der Waals surface area contributed by atoms with Gasteiger partial charge >= 0.3 is 0 Å². The van der Waals surface area contributed by atoms with E-state index in [-0.39, 0.29) is 12.1 Å². The number of aromatic nitrogens is 1. The number of nitrogens with zero attached hydrogens (tertiary/aromatic N) is 1. The highest BCUT2D eigenvalue weighted by Crippen LogP contribution is 2.29. The van der Waals surface area contributed by atoms with E-state index < -0.39 is 0 Å². The summed E-state index contributed by atoms with van der Waals surface area (Å²) in [6, 6.07) is 16.6. The Hall–Kier alpha value is -1.42. The summed E-state index contributed by atoms with van der Waals surface area (Å²) in [5.74, 6) is 0. The number of rotatable bonds is 4. The first-order valence-corrected chi connectivity index (χ1v) is 8.20. The molecule has 3 aromatic rings. The van der Waals surface area contributed by atoms with Crippen molar-refractivity contribution in [3.63, 3.8) is 0 Å². The fraction of sp³-hybridized carbons (Fsp3) is 0.235. The molecule has 0 bridgehead atoms. The highest BCUT2D eigenvalue weighted by atomic mass is 35.5. The highest BCUT2D eigenvalue weighted by Gasteiger charge is 2.16. The van der Waals surface area contributed by atoms with E-state index in [1.165, 1.54) is 4.70 Å². The van der Waals surface area contributed by atoms with Gasteiger partial charge in [0.25, 0.3) is 0 Å². The third-order valence-electron chi connectivity index (χ3n) is 3.55. The molecule has 2 aromatic carbocycles. The lowest BCUT2D eigenvalue weighted by molar-refractivity contribution is 0.494. The molecule has 1 unspecified atom stereocenters. The molecule has 2 nitrogen and oxygen atoms in total. The van der Waals surface area contributed by atoms with Crippen LogP contribution in [0.3, 0.4) is 0 Å². The summed E-state index contributed by atoms with van der Waals surface area (Å²) in [6.45, 7) is 4.27. The van der Waals surface area contributed by atoms with Crippen LogP contribution in [0.2, 0.25) is 5.02 Å². The van der Waals surface area contributed by atoms with E-state index in [2.05, 4.69) is 43.4 Å². The van der Waals surface area contributed by atoms with Gasteiger partial charge in [0, 0.05) is 11.1 Å².